The lowest BCUT2D eigenvalue weighted by Gasteiger charge is -2.25. The van der Waals surface area contributed by atoms with Crippen molar-refractivity contribution in [2.24, 2.45) is 0 Å². The van der Waals surface area contributed by atoms with Crippen molar-refractivity contribution in [3.63, 3.8) is 0 Å². The molecule has 0 aliphatic heterocycles. The molecule has 78 valence electrons. The Bertz CT molecular complexity index is 321. The highest BCUT2D eigenvalue weighted by atomic mass is 79.9. The van der Waals surface area contributed by atoms with Crippen LogP contribution < -0.4 is 0 Å². The Labute approximate surface area is 104 Å². The van der Waals surface area contributed by atoms with Crippen molar-refractivity contribution >= 4 is 39.1 Å². The summed E-state index contributed by atoms with van der Waals surface area (Å²) in [5, 5.41) is 2.50. The molecule has 0 aliphatic carbocycles. The fraction of sp³-hybridized carbons (Fsp3) is 0.455. The fourth-order valence-corrected chi connectivity index (χ4v) is 2.92. The number of hydrogen-bond acceptors (Lipinski definition) is 0. The van der Waals surface area contributed by atoms with E-state index in [4.69, 9.17) is 23.2 Å². The van der Waals surface area contributed by atoms with Crippen LogP contribution in [-0.2, 0) is 5.41 Å². The third-order valence-corrected chi connectivity index (χ3v) is 3.34. The summed E-state index contributed by atoms with van der Waals surface area (Å²) in [5.41, 5.74) is 1.18. The summed E-state index contributed by atoms with van der Waals surface area (Å²) in [7, 11) is 0. The Morgan fingerprint density at radius 3 is 2.50 bits per heavy atom. The van der Waals surface area contributed by atoms with Crippen molar-refractivity contribution < 1.29 is 0 Å². The van der Waals surface area contributed by atoms with Crippen LogP contribution in [0.25, 0.3) is 0 Å². The zero-order chi connectivity index (χ0) is 10.8. The van der Waals surface area contributed by atoms with Gasteiger partial charge in [0, 0.05) is 15.4 Å². The van der Waals surface area contributed by atoms with E-state index in [1.165, 1.54) is 0 Å². The van der Waals surface area contributed by atoms with Crippen LogP contribution in [0.2, 0.25) is 10.0 Å². The Morgan fingerprint density at radius 1 is 1.29 bits per heavy atom. The lowest BCUT2D eigenvalue weighted by Crippen LogP contribution is -2.18. The molecule has 0 amide bonds. The number of benzene rings is 1. The van der Waals surface area contributed by atoms with Gasteiger partial charge in [-0.2, -0.15) is 0 Å². The van der Waals surface area contributed by atoms with Crippen LogP contribution in [0.3, 0.4) is 0 Å². The zero-order valence-corrected chi connectivity index (χ0v) is 11.4. The Hall–Kier alpha value is 0.280. The second kappa shape index (κ2) is 4.87. The highest BCUT2D eigenvalue weighted by Gasteiger charge is 2.22. The highest BCUT2D eigenvalue weighted by molar-refractivity contribution is 9.09. The molecule has 0 unspecified atom stereocenters. The van der Waals surface area contributed by atoms with Gasteiger partial charge in [0.15, 0.2) is 0 Å². The molecule has 14 heavy (non-hydrogen) atoms. The molecule has 0 bridgehead atoms. The quantitative estimate of drug-likeness (QED) is 0.684. The minimum atomic E-state index is 0.0610. The molecule has 0 spiro atoms. The van der Waals surface area contributed by atoms with Gasteiger partial charge in [-0.05, 0) is 35.6 Å². The lowest BCUT2D eigenvalue weighted by molar-refractivity contribution is 0.512. The van der Waals surface area contributed by atoms with Gasteiger partial charge in [-0.25, -0.2) is 0 Å². The number of hydrogen-bond donors (Lipinski definition) is 0. The molecule has 0 N–H and O–H groups in total. The van der Waals surface area contributed by atoms with E-state index in [0.29, 0.717) is 0 Å². The summed E-state index contributed by atoms with van der Waals surface area (Å²) in [5.74, 6) is 0. The van der Waals surface area contributed by atoms with Crippen LogP contribution in [0.5, 0.6) is 0 Å². The van der Waals surface area contributed by atoms with E-state index in [1.54, 1.807) is 0 Å². The first-order valence-electron chi connectivity index (χ1n) is 4.49. The van der Waals surface area contributed by atoms with Gasteiger partial charge >= 0.3 is 0 Å². The SMILES string of the molecule is CC(C)(CCBr)c1cc(Cl)ccc1Cl. The van der Waals surface area contributed by atoms with Crippen molar-refractivity contribution in [1.29, 1.82) is 0 Å². The van der Waals surface area contributed by atoms with Gasteiger partial charge in [0.2, 0.25) is 0 Å². The van der Waals surface area contributed by atoms with E-state index in [-0.39, 0.29) is 5.41 Å². The molecule has 1 rings (SSSR count). The Morgan fingerprint density at radius 2 is 1.93 bits per heavy atom. The lowest BCUT2D eigenvalue weighted by atomic mass is 9.82. The third kappa shape index (κ3) is 2.88. The molecule has 1 aromatic rings. The standard InChI is InChI=1S/C11H13BrCl2/c1-11(2,5-6-12)9-7-8(13)3-4-10(9)14/h3-4,7H,5-6H2,1-2H3. The summed E-state index contributed by atoms with van der Waals surface area (Å²) >= 11 is 15.5. The third-order valence-electron chi connectivity index (χ3n) is 2.38. The highest BCUT2D eigenvalue weighted by Crippen LogP contribution is 2.34. The smallest absolute Gasteiger partial charge is 0.0444 e. The topological polar surface area (TPSA) is 0 Å². The number of rotatable bonds is 3. The van der Waals surface area contributed by atoms with Gasteiger partial charge in [-0.3, -0.25) is 0 Å². The van der Waals surface area contributed by atoms with E-state index in [9.17, 15) is 0 Å². The second-order valence-electron chi connectivity index (χ2n) is 3.95. The first kappa shape index (κ1) is 12.4. The molecule has 0 heterocycles. The predicted octanol–water partition coefficient (Wildman–Crippen LogP) is 5.06. The molecule has 0 nitrogen and oxygen atoms in total. The normalized spacial score (nSPS) is 11.8. The summed E-state index contributed by atoms with van der Waals surface area (Å²) in [6, 6.07) is 5.62. The maximum absolute atomic E-state index is 6.14. The largest absolute Gasteiger partial charge is 0.0928 e. The molecule has 3 heteroatoms. The molecule has 0 saturated heterocycles. The molecule has 0 radical (unpaired) electrons. The molecule has 1 aromatic carbocycles. The van der Waals surface area contributed by atoms with Crippen LogP contribution in [0, 0.1) is 0 Å². The van der Waals surface area contributed by atoms with Crippen molar-refractivity contribution in [2.45, 2.75) is 25.7 Å². The molecule has 0 fully saturated rings. The molecular formula is C11H13BrCl2. The minimum absolute atomic E-state index is 0.0610. The molecule has 0 saturated carbocycles. The summed E-state index contributed by atoms with van der Waals surface area (Å²) in [4.78, 5) is 0. The van der Waals surface area contributed by atoms with E-state index < -0.39 is 0 Å². The van der Waals surface area contributed by atoms with Crippen LogP contribution in [0.15, 0.2) is 18.2 Å². The minimum Gasteiger partial charge on any atom is -0.0928 e. The van der Waals surface area contributed by atoms with Crippen LogP contribution >= 0.6 is 39.1 Å². The average molecular weight is 296 g/mol. The monoisotopic (exact) mass is 294 g/mol. The maximum Gasteiger partial charge on any atom is 0.0444 e. The van der Waals surface area contributed by atoms with E-state index in [1.807, 2.05) is 18.2 Å². The first-order chi connectivity index (χ1) is 6.47. The van der Waals surface area contributed by atoms with Crippen LogP contribution in [0.4, 0.5) is 0 Å². The average Bonchev–Trinajstić information content (AvgIpc) is 2.09. The van der Waals surface area contributed by atoms with Crippen molar-refractivity contribution in [3.05, 3.63) is 33.8 Å². The van der Waals surface area contributed by atoms with Crippen LogP contribution in [-0.4, -0.2) is 5.33 Å². The van der Waals surface area contributed by atoms with E-state index in [0.717, 1.165) is 27.4 Å². The number of alkyl halides is 1. The molecule has 0 atom stereocenters. The fourth-order valence-electron chi connectivity index (χ4n) is 1.39. The van der Waals surface area contributed by atoms with Crippen molar-refractivity contribution in [3.8, 4) is 0 Å². The van der Waals surface area contributed by atoms with Crippen molar-refractivity contribution in [1.82, 2.24) is 0 Å². The summed E-state index contributed by atoms with van der Waals surface area (Å²) in [6.45, 7) is 4.34. The van der Waals surface area contributed by atoms with Gasteiger partial charge in [-0.1, -0.05) is 53.0 Å². The summed E-state index contributed by atoms with van der Waals surface area (Å²) < 4.78 is 0. The molecule has 0 aliphatic rings. The van der Waals surface area contributed by atoms with E-state index >= 15 is 0 Å². The Kier molecular flexibility index (Phi) is 4.30. The van der Waals surface area contributed by atoms with Crippen LogP contribution in [0.1, 0.15) is 25.8 Å². The van der Waals surface area contributed by atoms with Gasteiger partial charge in [0.05, 0.1) is 0 Å². The molecule has 0 aromatic heterocycles. The Balaban J connectivity index is 3.10. The van der Waals surface area contributed by atoms with Gasteiger partial charge in [0.25, 0.3) is 0 Å². The van der Waals surface area contributed by atoms with Gasteiger partial charge in [-0.15, -0.1) is 0 Å². The predicted molar refractivity (Wildman–Crippen MR) is 67.9 cm³/mol. The molecular weight excluding hydrogens is 283 g/mol. The maximum atomic E-state index is 6.14. The summed E-state index contributed by atoms with van der Waals surface area (Å²) in [6.07, 6.45) is 1.03. The zero-order valence-electron chi connectivity index (χ0n) is 8.28. The van der Waals surface area contributed by atoms with Gasteiger partial charge < -0.3 is 0 Å². The second-order valence-corrected chi connectivity index (χ2v) is 5.58. The van der Waals surface area contributed by atoms with Crippen molar-refractivity contribution in [2.75, 3.05) is 5.33 Å². The van der Waals surface area contributed by atoms with Gasteiger partial charge in [0.1, 0.15) is 0 Å². The number of halogens is 3. The van der Waals surface area contributed by atoms with E-state index in [2.05, 4.69) is 29.8 Å². The first-order valence-corrected chi connectivity index (χ1v) is 6.36.